The number of nitrogens with zero attached hydrogens (tertiary/aromatic N) is 1. The van der Waals surface area contributed by atoms with E-state index in [1.54, 1.807) is 14.2 Å². The first-order chi connectivity index (χ1) is 11.1. The maximum Gasteiger partial charge on any atom is 0.130 e. The first-order valence-electron chi connectivity index (χ1n) is 7.91. The van der Waals surface area contributed by atoms with Crippen LogP contribution >= 0.6 is 0 Å². The van der Waals surface area contributed by atoms with Gasteiger partial charge in [0.25, 0.3) is 0 Å². The summed E-state index contributed by atoms with van der Waals surface area (Å²) in [6, 6.07) is 14.3. The molecule has 0 bridgehead atoms. The van der Waals surface area contributed by atoms with Crippen LogP contribution in [0.2, 0.25) is 0 Å². The van der Waals surface area contributed by atoms with Gasteiger partial charge in [0.05, 0.1) is 14.2 Å². The van der Waals surface area contributed by atoms with Gasteiger partial charge < -0.3 is 14.4 Å². The van der Waals surface area contributed by atoms with E-state index in [-0.39, 0.29) is 0 Å². The Labute approximate surface area is 139 Å². The zero-order valence-electron chi connectivity index (χ0n) is 14.4. The highest BCUT2D eigenvalue weighted by atomic mass is 16.5. The van der Waals surface area contributed by atoms with Gasteiger partial charge in [-0.2, -0.15) is 0 Å². The smallest absolute Gasteiger partial charge is 0.130 e. The number of hydrogen-bond acceptors (Lipinski definition) is 3. The maximum atomic E-state index is 5.48. The Hall–Kier alpha value is -2.42. The molecule has 0 aromatic heterocycles. The molecule has 23 heavy (non-hydrogen) atoms. The van der Waals surface area contributed by atoms with Gasteiger partial charge in [-0.1, -0.05) is 18.7 Å². The highest BCUT2D eigenvalue weighted by molar-refractivity contribution is 5.82. The molecule has 0 saturated carbocycles. The number of rotatable bonds is 7. The molecule has 0 fully saturated rings. The van der Waals surface area contributed by atoms with E-state index in [0.29, 0.717) is 0 Å². The largest absolute Gasteiger partial charge is 0.497 e. The quantitative estimate of drug-likeness (QED) is 0.745. The normalized spacial score (nSPS) is 10.3. The van der Waals surface area contributed by atoms with Crippen LogP contribution in [0.5, 0.6) is 11.5 Å². The van der Waals surface area contributed by atoms with E-state index in [0.717, 1.165) is 41.3 Å². The van der Waals surface area contributed by atoms with E-state index in [4.69, 9.17) is 9.47 Å². The molecule has 0 saturated heterocycles. The lowest BCUT2D eigenvalue weighted by Crippen LogP contribution is -2.21. The fraction of sp³-hybridized carbons (Fsp3) is 0.300. The molecule has 2 aromatic rings. The van der Waals surface area contributed by atoms with Crippen LogP contribution in [0.25, 0.3) is 5.57 Å². The Morgan fingerprint density at radius 3 is 2.13 bits per heavy atom. The van der Waals surface area contributed by atoms with Crippen molar-refractivity contribution in [2.75, 3.05) is 32.2 Å². The Kier molecular flexibility index (Phi) is 5.69. The van der Waals surface area contributed by atoms with Crippen molar-refractivity contribution >= 4 is 11.3 Å². The summed E-state index contributed by atoms with van der Waals surface area (Å²) < 4.78 is 10.7. The Bertz CT molecular complexity index is 658. The van der Waals surface area contributed by atoms with Crippen LogP contribution in [0, 0.1) is 0 Å². The standard InChI is InChI=1S/C20H25NO2/c1-6-21(7-2)17-10-8-16(9-11-17)15(3)19-13-12-18(22-4)14-20(19)23-5/h8-14H,3,6-7H2,1-2,4-5H3. The molecule has 2 rings (SSSR count). The van der Waals surface area contributed by atoms with E-state index in [1.807, 2.05) is 18.2 Å². The van der Waals surface area contributed by atoms with Crippen molar-refractivity contribution in [1.82, 2.24) is 0 Å². The molecule has 0 radical (unpaired) electrons. The fourth-order valence-corrected chi connectivity index (χ4v) is 2.67. The second-order valence-electron chi connectivity index (χ2n) is 5.26. The molecule has 3 heteroatoms. The van der Waals surface area contributed by atoms with Crippen molar-refractivity contribution < 1.29 is 9.47 Å². The molecule has 2 aromatic carbocycles. The minimum Gasteiger partial charge on any atom is -0.497 e. The minimum atomic E-state index is 0.766. The summed E-state index contributed by atoms with van der Waals surface area (Å²) in [7, 11) is 3.31. The zero-order chi connectivity index (χ0) is 16.8. The zero-order valence-corrected chi connectivity index (χ0v) is 14.4. The van der Waals surface area contributed by atoms with E-state index < -0.39 is 0 Å². The molecule has 0 unspecified atom stereocenters. The average Bonchev–Trinajstić information content (AvgIpc) is 2.62. The van der Waals surface area contributed by atoms with Gasteiger partial charge >= 0.3 is 0 Å². The monoisotopic (exact) mass is 311 g/mol. The molecule has 0 N–H and O–H groups in total. The summed E-state index contributed by atoms with van der Waals surface area (Å²) in [5.41, 5.74) is 4.23. The molecular formula is C20H25NO2. The van der Waals surface area contributed by atoms with E-state index in [1.165, 1.54) is 5.69 Å². The van der Waals surface area contributed by atoms with Gasteiger partial charge in [-0.3, -0.25) is 0 Å². The molecule has 3 nitrogen and oxygen atoms in total. The molecule has 122 valence electrons. The fourth-order valence-electron chi connectivity index (χ4n) is 2.67. The van der Waals surface area contributed by atoms with Gasteiger partial charge in [0.15, 0.2) is 0 Å². The maximum absolute atomic E-state index is 5.48. The lowest BCUT2D eigenvalue weighted by atomic mass is 9.98. The van der Waals surface area contributed by atoms with Crippen LogP contribution in [0.15, 0.2) is 49.0 Å². The average molecular weight is 311 g/mol. The van der Waals surface area contributed by atoms with Gasteiger partial charge in [-0.25, -0.2) is 0 Å². The van der Waals surface area contributed by atoms with Crippen LogP contribution in [-0.4, -0.2) is 27.3 Å². The summed E-state index contributed by atoms with van der Waals surface area (Å²) in [6.45, 7) is 10.6. The first kappa shape index (κ1) is 16.9. The number of anilines is 1. The number of benzene rings is 2. The third-order valence-electron chi connectivity index (χ3n) is 4.08. The number of ether oxygens (including phenoxy) is 2. The molecule has 0 atom stereocenters. The van der Waals surface area contributed by atoms with Crippen molar-refractivity contribution in [3.05, 3.63) is 60.2 Å². The molecule has 0 heterocycles. The lowest BCUT2D eigenvalue weighted by Gasteiger charge is -2.21. The Balaban J connectivity index is 2.30. The molecule has 0 aliphatic heterocycles. The number of methoxy groups -OCH3 is 2. The Morgan fingerprint density at radius 1 is 0.957 bits per heavy atom. The van der Waals surface area contributed by atoms with Gasteiger partial charge in [-0.15, -0.1) is 0 Å². The van der Waals surface area contributed by atoms with Crippen LogP contribution < -0.4 is 14.4 Å². The molecular weight excluding hydrogens is 286 g/mol. The Morgan fingerprint density at radius 2 is 1.61 bits per heavy atom. The summed E-state index contributed by atoms with van der Waals surface area (Å²) >= 11 is 0. The van der Waals surface area contributed by atoms with Crippen molar-refractivity contribution in [3.8, 4) is 11.5 Å². The molecule has 0 spiro atoms. The second kappa shape index (κ2) is 7.73. The summed E-state index contributed by atoms with van der Waals surface area (Å²) in [5.74, 6) is 1.54. The van der Waals surface area contributed by atoms with Crippen LogP contribution in [-0.2, 0) is 0 Å². The van der Waals surface area contributed by atoms with Gasteiger partial charge in [0.1, 0.15) is 11.5 Å². The summed E-state index contributed by atoms with van der Waals surface area (Å²) in [5, 5.41) is 0. The van der Waals surface area contributed by atoms with Crippen molar-refractivity contribution in [2.45, 2.75) is 13.8 Å². The first-order valence-corrected chi connectivity index (χ1v) is 7.91. The third-order valence-corrected chi connectivity index (χ3v) is 4.08. The highest BCUT2D eigenvalue weighted by Crippen LogP contribution is 2.33. The molecule has 0 aliphatic rings. The van der Waals surface area contributed by atoms with Crippen molar-refractivity contribution in [3.63, 3.8) is 0 Å². The number of hydrogen-bond donors (Lipinski definition) is 0. The molecule has 0 amide bonds. The van der Waals surface area contributed by atoms with E-state index in [2.05, 4.69) is 49.6 Å². The van der Waals surface area contributed by atoms with Crippen molar-refractivity contribution in [1.29, 1.82) is 0 Å². The van der Waals surface area contributed by atoms with Crippen LogP contribution in [0.4, 0.5) is 5.69 Å². The van der Waals surface area contributed by atoms with Crippen LogP contribution in [0.3, 0.4) is 0 Å². The summed E-state index contributed by atoms with van der Waals surface area (Å²) in [4.78, 5) is 2.32. The van der Waals surface area contributed by atoms with Crippen molar-refractivity contribution in [2.24, 2.45) is 0 Å². The lowest BCUT2D eigenvalue weighted by molar-refractivity contribution is 0.393. The molecule has 0 aliphatic carbocycles. The van der Waals surface area contributed by atoms with E-state index >= 15 is 0 Å². The predicted molar refractivity (Wildman–Crippen MR) is 97.7 cm³/mol. The minimum absolute atomic E-state index is 0.766. The SMILES string of the molecule is C=C(c1ccc(N(CC)CC)cc1)c1ccc(OC)cc1OC. The van der Waals surface area contributed by atoms with Gasteiger partial charge in [0.2, 0.25) is 0 Å². The van der Waals surface area contributed by atoms with Gasteiger partial charge in [-0.05, 0) is 49.2 Å². The van der Waals surface area contributed by atoms with E-state index in [9.17, 15) is 0 Å². The van der Waals surface area contributed by atoms with Crippen LogP contribution in [0.1, 0.15) is 25.0 Å². The summed E-state index contributed by atoms with van der Waals surface area (Å²) in [6.07, 6.45) is 0. The predicted octanol–water partition coefficient (Wildman–Crippen LogP) is 4.61. The third kappa shape index (κ3) is 3.67. The second-order valence-corrected chi connectivity index (χ2v) is 5.26. The topological polar surface area (TPSA) is 21.7 Å². The van der Waals surface area contributed by atoms with Gasteiger partial charge in [0, 0.05) is 30.4 Å². The highest BCUT2D eigenvalue weighted by Gasteiger charge is 2.11.